The first-order chi connectivity index (χ1) is 9.60. The fourth-order valence-corrected chi connectivity index (χ4v) is 4.31. The molecule has 0 aromatic heterocycles. The Balaban J connectivity index is 2.42. The Morgan fingerprint density at radius 3 is 2.33 bits per heavy atom. The fourth-order valence-electron chi connectivity index (χ4n) is 2.48. The van der Waals surface area contributed by atoms with E-state index in [2.05, 4.69) is 0 Å². The molecule has 1 heterocycles. The van der Waals surface area contributed by atoms with E-state index in [0.717, 1.165) is 0 Å². The highest BCUT2D eigenvalue weighted by Crippen LogP contribution is 2.32. The smallest absolute Gasteiger partial charge is 0.335 e. The summed E-state index contributed by atoms with van der Waals surface area (Å²) in [7, 11) is -3.78. The predicted molar refractivity (Wildman–Crippen MR) is 76.9 cm³/mol. The van der Waals surface area contributed by atoms with Gasteiger partial charge in [-0.25, -0.2) is 13.2 Å². The summed E-state index contributed by atoms with van der Waals surface area (Å²) >= 11 is 0. The third kappa shape index (κ3) is 2.68. The molecule has 116 valence electrons. The molecule has 1 saturated heterocycles. The summed E-state index contributed by atoms with van der Waals surface area (Å²) in [6.07, 6.45) is 0.478. The van der Waals surface area contributed by atoms with Crippen molar-refractivity contribution in [3.8, 4) is 0 Å². The van der Waals surface area contributed by atoms with Gasteiger partial charge in [-0.15, -0.1) is 0 Å². The highest BCUT2D eigenvalue weighted by Gasteiger charge is 2.46. The van der Waals surface area contributed by atoms with Crippen LogP contribution in [0.2, 0.25) is 0 Å². The minimum atomic E-state index is -3.78. The van der Waals surface area contributed by atoms with Crippen molar-refractivity contribution < 1.29 is 23.4 Å². The zero-order valence-electron chi connectivity index (χ0n) is 12.3. The SMILES string of the molecule is CCC1(O)CN(S(=O)(=O)c2cc(C(=O)O)c(C)cc2C)C1. The molecule has 0 unspecified atom stereocenters. The fraction of sp³-hybridized carbons (Fsp3) is 0.500. The van der Waals surface area contributed by atoms with Crippen LogP contribution in [0.15, 0.2) is 17.0 Å². The van der Waals surface area contributed by atoms with E-state index in [4.69, 9.17) is 5.11 Å². The molecule has 1 aliphatic rings. The van der Waals surface area contributed by atoms with Crippen molar-refractivity contribution in [2.45, 2.75) is 37.7 Å². The first-order valence-electron chi connectivity index (χ1n) is 6.68. The number of aliphatic hydroxyl groups is 1. The third-order valence-corrected chi connectivity index (χ3v) is 5.90. The molecule has 2 rings (SSSR count). The van der Waals surface area contributed by atoms with Crippen LogP contribution in [0.1, 0.15) is 34.8 Å². The Morgan fingerprint density at radius 1 is 1.29 bits per heavy atom. The van der Waals surface area contributed by atoms with E-state index in [1.807, 2.05) is 0 Å². The maximum Gasteiger partial charge on any atom is 0.335 e. The lowest BCUT2D eigenvalue weighted by atomic mass is 9.94. The number of rotatable bonds is 4. The van der Waals surface area contributed by atoms with E-state index >= 15 is 0 Å². The zero-order chi connectivity index (χ0) is 16.0. The largest absolute Gasteiger partial charge is 0.478 e. The highest BCUT2D eigenvalue weighted by molar-refractivity contribution is 7.89. The molecule has 6 nitrogen and oxygen atoms in total. The molecule has 21 heavy (non-hydrogen) atoms. The van der Waals surface area contributed by atoms with Crippen molar-refractivity contribution in [2.75, 3.05) is 13.1 Å². The molecule has 1 aromatic carbocycles. The second kappa shape index (κ2) is 5.08. The van der Waals surface area contributed by atoms with E-state index in [1.165, 1.54) is 10.4 Å². The number of hydrogen-bond donors (Lipinski definition) is 2. The summed E-state index contributed by atoms with van der Waals surface area (Å²) in [6.45, 7) is 5.15. The summed E-state index contributed by atoms with van der Waals surface area (Å²) in [5, 5.41) is 19.1. The van der Waals surface area contributed by atoms with Gasteiger partial charge in [-0.05, 0) is 37.5 Å². The molecule has 2 N–H and O–H groups in total. The number of hydrogen-bond acceptors (Lipinski definition) is 4. The molecular weight excluding hydrogens is 294 g/mol. The normalized spacial score (nSPS) is 18.3. The Bertz CT molecular complexity index is 690. The summed E-state index contributed by atoms with van der Waals surface area (Å²) < 4.78 is 26.3. The average molecular weight is 313 g/mol. The minimum absolute atomic E-state index is 0.0105. The number of nitrogens with zero attached hydrogens (tertiary/aromatic N) is 1. The van der Waals surface area contributed by atoms with Crippen LogP contribution in [-0.2, 0) is 10.0 Å². The maximum atomic E-state index is 12.5. The Hall–Kier alpha value is -1.44. The van der Waals surface area contributed by atoms with Crippen LogP contribution in [0.5, 0.6) is 0 Å². The molecule has 0 bridgehead atoms. The number of carbonyl (C=O) groups is 1. The molecule has 0 spiro atoms. The molecule has 0 saturated carbocycles. The summed E-state index contributed by atoms with van der Waals surface area (Å²) in [4.78, 5) is 11.2. The summed E-state index contributed by atoms with van der Waals surface area (Å²) in [5.74, 6) is -1.15. The molecule has 1 fully saturated rings. The number of carboxylic acid groups (broad SMARTS) is 1. The van der Waals surface area contributed by atoms with E-state index in [0.29, 0.717) is 17.5 Å². The van der Waals surface area contributed by atoms with Crippen LogP contribution in [0.3, 0.4) is 0 Å². The number of aryl methyl sites for hydroxylation is 2. The lowest BCUT2D eigenvalue weighted by Gasteiger charge is -2.45. The number of benzene rings is 1. The number of β-amino-alcohol motifs (C(OH)–C–C–N with tert-alkyl or cyclic N) is 1. The van der Waals surface area contributed by atoms with Crippen LogP contribution < -0.4 is 0 Å². The number of aromatic carboxylic acids is 1. The summed E-state index contributed by atoms with van der Waals surface area (Å²) in [6, 6.07) is 2.76. The zero-order valence-corrected chi connectivity index (χ0v) is 13.1. The average Bonchev–Trinajstić information content (AvgIpc) is 2.34. The van der Waals surface area contributed by atoms with Crippen molar-refractivity contribution in [3.05, 3.63) is 28.8 Å². The standard InChI is InChI=1S/C14H19NO5S/c1-4-14(18)7-15(8-14)21(19,20)12-6-11(13(16)17)9(2)5-10(12)3/h5-6,18H,4,7-8H2,1-3H3,(H,16,17). The van der Waals surface area contributed by atoms with Gasteiger partial charge in [0.2, 0.25) is 10.0 Å². The molecule has 0 amide bonds. The van der Waals surface area contributed by atoms with Crippen LogP contribution in [0, 0.1) is 13.8 Å². The first kappa shape index (κ1) is 15.9. The molecule has 0 aliphatic carbocycles. The highest BCUT2D eigenvalue weighted by atomic mass is 32.2. The molecule has 1 aliphatic heterocycles. The van der Waals surface area contributed by atoms with Gasteiger partial charge in [-0.3, -0.25) is 0 Å². The van der Waals surface area contributed by atoms with Gasteiger partial charge < -0.3 is 10.2 Å². The topological polar surface area (TPSA) is 94.9 Å². The van der Waals surface area contributed by atoms with E-state index in [9.17, 15) is 18.3 Å². The van der Waals surface area contributed by atoms with Gasteiger partial charge >= 0.3 is 5.97 Å². The van der Waals surface area contributed by atoms with E-state index in [1.54, 1.807) is 26.8 Å². The van der Waals surface area contributed by atoms with Crippen LogP contribution in [0.4, 0.5) is 0 Å². The minimum Gasteiger partial charge on any atom is -0.478 e. The first-order valence-corrected chi connectivity index (χ1v) is 8.12. The van der Waals surface area contributed by atoms with Crippen molar-refractivity contribution >= 4 is 16.0 Å². The van der Waals surface area contributed by atoms with Gasteiger partial charge in [0.25, 0.3) is 0 Å². The van der Waals surface area contributed by atoms with Gasteiger partial charge in [0.05, 0.1) is 16.1 Å². The van der Waals surface area contributed by atoms with Gasteiger partial charge in [0.1, 0.15) is 0 Å². The van der Waals surface area contributed by atoms with Crippen molar-refractivity contribution in [3.63, 3.8) is 0 Å². The molecule has 0 atom stereocenters. The summed E-state index contributed by atoms with van der Waals surface area (Å²) in [5.41, 5.74) is 0.0314. The van der Waals surface area contributed by atoms with Crippen molar-refractivity contribution in [2.24, 2.45) is 0 Å². The van der Waals surface area contributed by atoms with E-state index < -0.39 is 21.6 Å². The van der Waals surface area contributed by atoms with Crippen LogP contribution in [0.25, 0.3) is 0 Å². The molecule has 7 heteroatoms. The Kier molecular flexibility index (Phi) is 3.86. The molecule has 1 aromatic rings. The van der Waals surface area contributed by atoms with Gasteiger partial charge in [-0.2, -0.15) is 4.31 Å². The van der Waals surface area contributed by atoms with Crippen LogP contribution >= 0.6 is 0 Å². The monoisotopic (exact) mass is 313 g/mol. The lowest BCUT2D eigenvalue weighted by molar-refractivity contribution is -0.0613. The van der Waals surface area contributed by atoms with Gasteiger partial charge in [0.15, 0.2) is 0 Å². The number of sulfonamides is 1. The Morgan fingerprint density at radius 2 is 1.86 bits per heavy atom. The van der Waals surface area contributed by atoms with Gasteiger partial charge in [0, 0.05) is 13.1 Å². The third-order valence-electron chi connectivity index (χ3n) is 3.97. The quantitative estimate of drug-likeness (QED) is 0.869. The molecule has 0 radical (unpaired) electrons. The second-order valence-corrected chi connectivity index (χ2v) is 7.50. The Labute approximate surface area is 124 Å². The number of carboxylic acids is 1. The van der Waals surface area contributed by atoms with Crippen molar-refractivity contribution in [1.82, 2.24) is 4.31 Å². The predicted octanol–water partition coefficient (Wildman–Crippen LogP) is 1.15. The van der Waals surface area contributed by atoms with Crippen molar-refractivity contribution in [1.29, 1.82) is 0 Å². The second-order valence-electron chi connectivity index (χ2n) is 5.59. The maximum absolute atomic E-state index is 12.5. The van der Waals surface area contributed by atoms with Gasteiger partial charge in [-0.1, -0.05) is 13.0 Å². The van der Waals surface area contributed by atoms with Crippen LogP contribution in [-0.4, -0.2) is 47.6 Å². The van der Waals surface area contributed by atoms with E-state index in [-0.39, 0.29) is 23.5 Å². The lowest BCUT2D eigenvalue weighted by Crippen LogP contribution is -2.62. The molecular formula is C14H19NO5S.